The fourth-order valence-corrected chi connectivity index (χ4v) is 2.06. The summed E-state index contributed by atoms with van der Waals surface area (Å²) in [6.45, 7) is 5.64. The number of halogens is 2. The predicted octanol–water partition coefficient (Wildman–Crippen LogP) is 3.19. The van der Waals surface area contributed by atoms with Gasteiger partial charge in [-0.25, -0.2) is 4.39 Å². The van der Waals surface area contributed by atoms with E-state index >= 15 is 0 Å². The molecule has 2 nitrogen and oxygen atoms in total. The summed E-state index contributed by atoms with van der Waals surface area (Å²) in [7, 11) is 1.46. The first-order chi connectivity index (χ1) is 7.26. The summed E-state index contributed by atoms with van der Waals surface area (Å²) < 4.78 is 19.7. The van der Waals surface area contributed by atoms with Gasteiger partial charge in [0.1, 0.15) is 0 Å². The van der Waals surface area contributed by atoms with E-state index in [1.54, 1.807) is 6.07 Å². The molecule has 0 spiro atoms. The number of nitrogens with two attached hydrogens (primary N) is 1. The van der Waals surface area contributed by atoms with Gasteiger partial charge in [-0.05, 0) is 54.2 Å². The minimum Gasteiger partial charge on any atom is -0.492 e. The topological polar surface area (TPSA) is 35.2 Å². The predicted molar refractivity (Wildman–Crippen MR) is 67.4 cm³/mol. The molecule has 16 heavy (non-hydrogen) atoms. The van der Waals surface area contributed by atoms with E-state index in [4.69, 9.17) is 10.5 Å². The standard InChI is InChI=1S/C12H17BrFNO/c1-7-5-8(6-12(2,3)15)10(14)11(16-4)9(7)13/h5H,6,15H2,1-4H3. The van der Waals surface area contributed by atoms with Crippen molar-refractivity contribution < 1.29 is 9.13 Å². The minimum absolute atomic E-state index is 0.249. The quantitative estimate of drug-likeness (QED) is 0.928. The number of aryl methyl sites for hydroxylation is 1. The van der Waals surface area contributed by atoms with Crippen LogP contribution >= 0.6 is 15.9 Å². The lowest BCUT2D eigenvalue weighted by molar-refractivity contribution is 0.378. The Bertz CT molecular complexity index is 399. The van der Waals surface area contributed by atoms with E-state index in [-0.39, 0.29) is 11.6 Å². The maximum atomic E-state index is 14.0. The van der Waals surface area contributed by atoms with Gasteiger partial charge in [-0.3, -0.25) is 0 Å². The molecule has 0 aliphatic rings. The number of methoxy groups -OCH3 is 1. The molecule has 0 amide bonds. The van der Waals surface area contributed by atoms with Crippen LogP contribution in [0.25, 0.3) is 0 Å². The number of benzene rings is 1. The Hall–Kier alpha value is -0.610. The van der Waals surface area contributed by atoms with E-state index in [2.05, 4.69) is 15.9 Å². The van der Waals surface area contributed by atoms with E-state index in [0.717, 1.165) is 5.56 Å². The van der Waals surface area contributed by atoms with Crippen molar-refractivity contribution in [1.29, 1.82) is 0 Å². The molecule has 0 aliphatic carbocycles. The highest BCUT2D eigenvalue weighted by Crippen LogP contribution is 2.34. The highest BCUT2D eigenvalue weighted by Gasteiger charge is 2.20. The molecule has 1 aromatic carbocycles. The molecule has 0 atom stereocenters. The summed E-state index contributed by atoms with van der Waals surface area (Å²) in [4.78, 5) is 0. The van der Waals surface area contributed by atoms with Crippen LogP contribution in [0.1, 0.15) is 25.0 Å². The van der Waals surface area contributed by atoms with Crippen LogP contribution in [0.5, 0.6) is 5.75 Å². The molecule has 0 aromatic heterocycles. The molecule has 0 fully saturated rings. The van der Waals surface area contributed by atoms with Crippen LogP contribution in [0, 0.1) is 12.7 Å². The second-order valence-corrected chi connectivity index (χ2v) is 5.47. The van der Waals surface area contributed by atoms with Gasteiger partial charge >= 0.3 is 0 Å². The summed E-state index contributed by atoms with van der Waals surface area (Å²) in [6, 6.07) is 1.80. The van der Waals surface area contributed by atoms with Gasteiger partial charge in [-0.1, -0.05) is 6.07 Å². The smallest absolute Gasteiger partial charge is 0.169 e. The molecule has 1 rings (SSSR count). The molecule has 0 aliphatic heterocycles. The molecule has 1 aromatic rings. The molecule has 0 heterocycles. The molecule has 0 saturated heterocycles. The van der Waals surface area contributed by atoms with Gasteiger partial charge in [0.2, 0.25) is 0 Å². The van der Waals surface area contributed by atoms with Gasteiger partial charge in [0.05, 0.1) is 11.6 Å². The van der Waals surface area contributed by atoms with Crippen LogP contribution in [0.4, 0.5) is 4.39 Å². The van der Waals surface area contributed by atoms with Crippen molar-refractivity contribution in [3.63, 3.8) is 0 Å². The van der Waals surface area contributed by atoms with Crippen LogP contribution in [-0.4, -0.2) is 12.6 Å². The molecule has 90 valence electrons. The van der Waals surface area contributed by atoms with Crippen LogP contribution in [0.2, 0.25) is 0 Å². The van der Waals surface area contributed by atoms with Gasteiger partial charge in [0.25, 0.3) is 0 Å². The van der Waals surface area contributed by atoms with Crippen molar-refractivity contribution in [1.82, 2.24) is 0 Å². The molecular formula is C12H17BrFNO. The third-order valence-electron chi connectivity index (χ3n) is 2.27. The number of hydrogen-bond donors (Lipinski definition) is 1. The Balaban J connectivity index is 3.26. The van der Waals surface area contributed by atoms with Crippen LogP contribution < -0.4 is 10.5 Å². The maximum Gasteiger partial charge on any atom is 0.169 e. The van der Waals surface area contributed by atoms with E-state index < -0.39 is 5.54 Å². The molecule has 0 saturated carbocycles. The summed E-state index contributed by atoms with van der Waals surface area (Å²) in [5, 5.41) is 0. The maximum absolute atomic E-state index is 14.0. The van der Waals surface area contributed by atoms with Gasteiger partial charge < -0.3 is 10.5 Å². The summed E-state index contributed by atoms with van der Waals surface area (Å²) in [6.07, 6.45) is 0.476. The highest BCUT2D eigenvalue weighted by atomic mass is 79.9. The third kappa shape index (κ3) is 2.95. The lowest BCUT2D eigenvalue weighted by atomic mass is 9.94. The van der Waals surface area contributed by atoms with E-state index in [0.29, 0.717) is 16.5 Å². The van der Waals surface area contributed by atoms with E-state index in [1.807, 2.05) is 20.8 Å². The van der Waals surface area contributed by atoms with Crippen LogP contribution in [0.15, 0.2) is 10.5 Å². The monoisotopic (exact) mass is 289 g/mol. The Morgan fingerprint density at radius 3 is 2.50 bits per heavy atom. The zero-order valence-corrected chi connectivity index (χ0v) is 11.6. The van der Waals surface area contributed by atoms with Crippen molar-refractivity contribution in [3.8, 4) is 5.75 Å². The zero-order valence-electron chi connectivity index (χ0n) is 10.0. The van der Waals surface area contributed by atoms with Gasteiger partial charge in [0.15, 0.2) is 11.6 Å². The summed E-state index contributed by atoms with van der Waals surface area (Å²) in [5.41, 5.74) is 6.99. The molecule has 0 unspecified atom stereocenters. The molecule has 2 N–H and O–H groups in total. The first-order valence-electron chi connectivity index (χ1n) is 5.06. The third-order valence-corrected chi connectivity index (χ3v) is 3.25. The Morgan fingerprint density at radius 1 is 1.50 bits per heavy atom. The Kier molecular flexibility index (Phi) is 3.97. The van der Waals surface area contributed by atoms with Crippen molar-refractivity contribution in [2.45, 2.75) is 32.7 Å². The summed E-state index contributed by atoms with van der Waals surface area (Å²) in [5.74, 6) is -0.0854. The molecule has 0 radical (unpaired) electrons. The minimum atomic E-state index is -0.438. The fraction of sp³-hybridized carbons (Fsp3) is 0.500. The average molecular weight is 290 g/mol. The first-order valence-corrected chi connectivity index (χ1v) is 5.86. The van der Waals surface area contributed by atoms with Crippen molar-refractivity contribution >= 4 is 15.9 Å². The number of hydrogen-bond acceptors (Lipinski definition) is 2. The lowest BCUT2D eigenvalue weighted by Gasteiger charge is -2.20. The van der Waals surface area contributed by atoms with Gasteiger partial charge in [0, 0.05) is 5.54 Å². The Labute approximate surface area is 104 Å². The number of rotatable bonds is 3. The van der Waals surface area contributed by atoms with Crippen LogP contribution in [0.3, 0.4) is 0 Å². The summed E-state index contributed by atoms with van der Waals surface area (Å²) >= 11 is 3.31. The molecular weight excluding hydrogens is 273 g/mol. The molecule has 4 heteroatoms. The van der Waals surface area contributed by atoms with Crippen molar-refractivity contribution in [2.75, 3.05) is 7.11 Å². The first kappa shape index (κ1) is 13.5. The zero-order chi connectivity index (χ0) is 12.5. The molecule has 0 bridgehead atoms. The normalized spacial score (nSPS) is 11.7. The lowest BCUT2D eigenvalue weighted by Crippen LogP contribution is -2.34. The number of ether oxygens (including phenoxy) is 1. The van der Waals surface area contributed by atoms with Gasteiger partial charge in [-0.15, -0.1) is 0 Å². The Morgan fingerprint density at radius 2 is 2.06 bits per heavy atom. The highest BCUT2D eigenvalue weighted by molar-refractivity contribution is 9.10. The SMILES string of the molecule is COc1c(F)c(CC(C)(C)N)cc(C)c1Br. The van der Waals surface area contributed by atoms with Gasteiger partial charge in [-0.2, -0.15) is 0 Å². The second-order valence-electron chi connectivity index (χ2n) is 4.68. The second kappa shape index (κ2) is 4.72. The van der Waals surface area contributed by atoms with Crippen LogP contribution in [-0.2, 0) is 6.42 Å². The fourth-order valence-electron chi connectivity index (χ4n) is 1.61. The van der Waals surface area contributed by atoms with Crippen molar-refractivity contribution in [3.05, 3.63) is 27.5 Å². The van der Waals surface area contributed by atoms with E-state index in [9.17, 15) is 4.39 Å². The van der Waals surface area contributed by atoms with E-state index in [1.165, 1.54) is 7.11 Å². The largest absolute Gasteiger partial charge is 0.492 e. The van der Waals surface area contributed by atoms with Crippen molar-refractivity contribution in [2.24, 2.45) is 5.73 Å². The average Bonchev–Trinajstić information content (AvgIpc) is 2.13.